The molecule has 1 saturated heterocycles. The van der Waals surface area contributed by atoms with Crippen molar-refractivity contribution in [2.24, 2.45) is 0 Å². The summed E-state index contributed by atoms with van der Waals surface area (Å²) in [6.07, 6.45) is -1.09. The van der Waals surface area contributed by atoms with Crippen LogP contribution in [-0.4, -0.2) is 50.5 Å². The maximum absolute atomic E-state index is 11.9. The first-order chi connectivity index (χ1) is 7.71. The molecule has 2 amide bonds. The molecular formula is C8H15N3O5S. The van der Waals surface area contributed by atoms with Crippen molar-refractivity contribution in [3.05, 3.63) is 0 Å². The van der Waals surface area contributed by atoms with Gasteiger partial charge in [-0.15, -0.1) is 0 Å². The van der Waals surface area contributed by atoms with Gasteiger partial charge in [-0.2, -0.15) is 12.7 Å². The van der Waals surface area contributed by atoms with E-state index >= 15 is 0 Å². The van der Waals surface area contributed by atoms with Crippen LogP contribution in [0.15, 0.2) is 0 Å². The molecule has 0 aromatic carbocycles. The lowest BCUT2D eigenvalue weighted by Crippen LogP contribution is -2.65. The summed E-state index contributed by atoms with van der Waals surface area (Å²) in [5.41, 5.74) is -1.25. The number of hydrogen-bond acceptors (Lipinski definition) is 5. The van der Waals surface area contributed by atoms with Crippen molar-refractivity contribution >= 4 is 22.2 Å². The standard InChI is InChI=1S/C8H15N3O5S/c1-8(2)6(12)9-4-5-11(8)17(14,15)10-7(13)16-3/h4-5H2,1-3H3,(H,9,12)(H,10,13). The van der Waals surface area contributed by atoms with Gasteiger partial charge >= 0.3 is 16.3 Å². The maximum atomic E-state index is 11.9. The molecule has 0 aromatic rings. The highest BCUT2D eigenvalue weighted by Gasteiger charge is 2.45. The second-order valence-corrected chi connectivity index (χ2v) is 5.58. The van der Waals surface area contributed by atoms with Crippen LogP contribution in [0, 0.1) is 0 Å². The van der Waals surface area contributed by atoms with E-state index in [0.717, 1.165) is 11.4 Å². The van der Waals surface area contributed by atoms with Gasteiger partial charge < -0.3 is 10.1 Å². The Bertz CT molecular complexity index is 430. The fraction of sp³-hybridized carbons (Fsp3) is 0.750. The summed E-state index contributed by atoms with van der Waals surface area (Å²) in [6.45, 7) is 3.20. The monoisotopic (exact) mass is 265 g/mol. The minimum Gasteiger partial charge on any atom is -0.452 e. The third-order valence-electron chi connectivity index (χ3n) is 2.47. The first-order valence-electron chi connectivity index (χ1n) is 4.88. The minimum atomic E-state index is -4.09. The molecule has 0 atom stereocenters. The summed E-state index contributed by atoms with van der Waals surface area (Å²) >= 11 is 0. The zero-order valence-corrected chi connectivity index (χ0v) is 10.6. The van der Waals surface area contributed by atoms with E-state index in [0.29, 0.717) is 0 Å². The molecule has 8 nitrogen and oxygen atoms in total. The van der Waals surface area contributed by atoms with E-state index in [2.05, 4.69) is 10.1 Å². The van der Waals surface area contributed by atoms with Crippen LogP contribution < -0.4 is 10.0 Å². The van der Waals surface area contributed by atoms with Crippen LogP contribution >= 0.6 is 0 Å². The van der Waals surface area contributed by atoms with Crippen LogP contribution in [0.5, 0.6) is 0 Å². The molecular weight excluding hydrogens is 250 g/mol. The number of hydrogen-bond donors (Lipinski definition) is 2. The fourth-order valence-corrected chi connectivity index (χ4v) is 2.92. The van der Waals surface area contributed by atoms with Crippen LogP contribution in [0.2, 0.25) is 0 Å². The molecule has 0 spiro atoms. The molecule has 0 aliphatic carbocycles. The van der Waals surface area contributed by atoms with Gasteiger partial charge in [-0.1, -0.05) is 0 Å². The van der Waals surface area contributed by atoms with Gasteiger partial charge in [0, 0.05) is 13.1 Å². The number of amides is 2. The average molecular weight is 265 g/mol. The quantitative estimate of drug-likeness (QED) is 0.652. The predicted octanol–water partition coefficient (Wildman–Crippen LogP) is -1.20. The summed E-state index contributed by atoms with van der Waals surface area (Å²) in [6, 6.07) is 0. The zero-order chi connectivity index (χ0) is 13.3. The van der Waals surface area contributed by atoms with E-state index in [1.54, 1.807) is 4.72 Å². The smallest absolute Gasteiger partial charge is 0.421 e. The van der Waals surface area contributed by atoms with E-state index in [9.17, 15) is 18.0 Å². The number of nitrogens with zero attached hydrogens (tertiary/aromatic N) is 1. The van der Waals surface area contributed by atoms with Crippen LogP contribution in [0.3, 0.4) is 0 Å². The van der Waals surface area contributed by atoms with Crippen molar-refractivity contribution in [1.29, 1.82) is 0 Å². The first-order valence-corrected chi connectivity index (χ1v) is 6.32. The number of ether oxygens (including phenoxy) is 1. The predicted molar refractivity (Wildman–Crippen MR) is 58.3 cm³/mol. The van der Waals surface area contributed by atoms with Crippen molar-refractivity contribution in [3.63, 3.8) is 0 Å². The second-order valence-electron chi connectivity index (χ2n) is 3.99. The molecule has 0 bridgehead atoms. The van der Waals surface area contributed by atoms with Gasteiger partial charge in [-0.05, 0) is 13.8 Å². The van der Waals surface area contributed by atoms with E-state index in [1.807, 2.05) is 0 Å². The summed E-state index contributed by atoms with van der Waals surface area (Å²) in [4.78, 5) is 22.5. The topological polar surface area (TPSA) is 105 Å². The van der Waals surface area contributed by atoms with Gasteiger partial charge in [0.25, 0.3) is 0 Å². The highest BCUT2D eigenvalue weighted by atomic mass is 32.2. The molecule has 0 radical (unpaired) electrons. The van der Waals surface area contributed by atoms with Gasteiger partial charge in [0.15, 0.2) is 0 Å². The van der Waals surface area contributed by atoms with Crippen molar-refractivity contribution in [1.82, 2.24) is 14.3 Å². The Morgan fingerprint density at radius 3 is 2.65 bits per heavy atom. The molecule has 1 fully saturated rings. The lowest BCUT2D eigenvalue weighted by atomic mass is 10.0. The average Bonchev–Trinajstić information content (AvgIpc) is 2.20. The summed E-state index contributed by atoms with van der Waals surface area (Å²) in [5.74, 6) is -0.418. The van der Waals surface area contributed by atoms with Gasteiger partial charge in [-0.3, -0.25) is 4.79 Å². The van der Waals surface area contributed by atoms with Gasteiger partial charge in [0.1, 0.15) is 5.54 Å². The Hall–Kier alpha value is -1.35. The summed E-state index contributed by atoms with van der Waals surface area (Å²) < 4.78 is 30.6. The van der Waals surface area contributed by atoms with E-state index in [4.69, 9.17) is 0 Å². The third-order valence-corrected chi connectivity index (χ3v) is 4.11. The second kappa shape index (κ2) is 4.49. The van der Waals surface area contributed by atoms with Gasteiger partial charge in [0.2, 0.25) is 5.91 Å². The molecule has 98 valence electrons. The highest BCUT2D eigenvalue weighted by Crippen LogP contribution is 2.20. The number of methoxy groups -OCH3 is 1. The van der Waals surface area contributed by atoms with E-state index in [1.165, 1.54) is 13.8 Å². The molecule has 2 N–H and O–H groups in total. The minimum absolute atomic E-state index is 0.0884. The SMILES string of the molecule is COC(=O)NS(=O)(=O)N1CCNC(=O)C1(C)C. The van der Waals surface area contributed by atoms with Crippen molar-refractivity contribution in [2.75, 3.05) is 20.2 Å². The number of rotatable bonds is 2. The molecule has 1 aliphatic rings. The Morgan fingerprint density at radius 2 is 2.12 bits per heavy atom. The lowest BCUT2D eigenvalue weighted by Gasteiger charge is -2.39. The Balaban J connectivity index is 2.98. The van der Waals surface area contributed by atoms with Crippen LogP contribution in [0.25, 0.3) is 0 Å². The highest BCUT2D eigenvalue weighted by molar-refractivity contribution is 7.87. The van der Waals surface area contributed by atoms with Gasteiger partial charge in [-0.25, -0.2) is 9.52 Å². The lowest BCUT2D eigenvalue weighted by molar-refractivity contribution is -0.131. The Labute approximate surface area is 99.5 Å². The molecule has 0 saturated carbocycles. The molecule has 1 heterocycles. The third kappa shape index (κ3) is 2.67. The zero-order valence-electron chi connectivity index (χ0n) is 9.81. The number of carbonyl (C=O) groups excluding carboxylic acids is 2. The molecule has 1 aliphatic heterocycles. The molecule has 1 rings (SSSR count). The van der Waals surface area contributed by atoms with Crippen molar-refractivity contribution in [2.45, 2.75) is 19.4 Å². The Morgan fingerprint density at radius 1 is 1.53 bits per heavy atom. The number of nitrogens with one attached hydrogen (secondary N) is 2. The first kappa shape index (κ1) is 13.7. The molecule has 17 heavy (non-hydrogen) atoms. The number of piperazine rings is 1. The van der Waals surface area contributed by atoms with E-state index < -0.39 is 27.7 Å². The number of carbonyl (C=O) groups is 2. The largest absolute Gasteiger partial charge is 0.452 e. The van der Waals surface area contributed by atoms with Crippen LogP contribution in [0.1, 0.15) is 13.8 Å². The summed E-state index contributed by atoms with van der Waals surface area (Å²) in [5, 5.41) is 2.55. The summed E-state index contributed by atoms with van der Waals surface area (Å²) in [7, 11) is -3.03. The Kier molecular flexibility index (Phi) is 3.62. The van der Waals surface area contributed by atoms with E-state index in [-0.39, 0.29) is 13.1 Å². The van der Waals surface area contributed by atoms with Crippen molar-refractivity contribution in [3.8, 4) is 0 Å². The molecule has 0 aromatic heterocycles. The van der Waals surface area contributed by atoms with Crippen molar-refractivity contribution < 1.29 is 22.7 Å². The fourth-order valence-electron chi connectivity index (χ4n) is 1.50. The van der Waals surface area contributed by atoms with Gasteiger partial charge in [0.05, 0.1) is 7.11 Å². The van der Waals surface area contributed by atoms with Crippen LogP contribution in [-0.2, 0) is 19.7 Å². The van der Waals surface area contributed by atoms with Crippen LogP contribution in [0.4, 0.5) is 4.79 Å². The maximum Gasteiger partial charge on any atom is 0.421 e. The molecule has 9 heteroatoms. The molecule has 0 unspecified atom stereocenters. The normalized spacial score (nSPS) is 20.5.